The van der Waals surface area contributed by atoms with Crippen molar-refractivity contribution in [1.29, 1.82) is 0 Å². The van der Waals surface area contributed by atoms with Crippen molar-refractivity contribution in [3.8, 4) is 33.5 Å². The number of nitrogens with zero attached hydrogens (tertiary/aromatic N) is 4. The van der Waals surface area contributed by atoms with Crippen LogP contribution >= 0.6 is 0 Å². The fourth-order valence-corrected chi connectivity index (χ4v) is 10.0. The van der Waals surface area contributed by atoms with E-state index in [-0.39, 0.29) is 59.0 Å². The van der Waals surface area contributed by atoms with E-state index in [1.54, 1.807) is 42.5 Å². The molecule has 0 spiro atoms. The fraction of sp³-hybridized carbons (Fsp3) is 0.217. The maximum atomic E-state index is 8.84. The van der Waals surface area contributed by atoms with Crippen molar-refractivity contribution >= 4 is 60.7 Å². The summed E-state index contributed by atoms with van der Waals surface area (Å²) in [5.41, 5.74) is 10.4. The Morgan fingerprint density at radius 3 is 2.12 bits per heavy atom. The molecule has 12 rings (SSSR count). The summed E-state index contributed by atoms with van der Waals surface area (Å²) in [5.74, 6) is -1.82. The van der Waals surface area contributed by atoms with Crippen LogP contribution in [0.2, 0.25) is 0 Å². The molecule has 4 heterocycles. The summed E-state index contributed by atoms with van der Waals surface area (Å²) in [4.78, 5) is 11.1. The predicted molar refractivity (Wildman–Crippen MR) is 311 cm³/mol. The van der Waals surface area contributed by atoms with E-state index in [2.05, 4.69) is 72.0 Å². The smallest absolute Gasteiger partial charge is 0.661 e. The molecule has 0 N–H and O–H groups in total. The summed E-state index contributed by atoms with van der Waals surface area (Å²) >= 11 is 0. The quantitative estimate of drug-likeness (QED) is 0.149. The molecule has 0 aliphatic carbocycles. The Hall–Kier alpha value is -7.37. The summed E-state index contributed by atoms with van der Waals surface area (Å²) in [6.45, 7) is 4.04. The Morgan fingerprint density at radius 1 is 0.667 bits per heavy atom. The third kappa shape index (κ3) is 9.67. The number of pyridine rings is 2. The van der Waals surface area contributed by atoms with Crippen LogP contribution in [0.5, 0.6) is 0 Å². The van der Waals surface area contributed by atoms with Crippen LogP contribution in [0.25, 0.3) is 82.4 Å². The number of benzene rings is 8. The predicted octanol–water partition coefficient (Wildman–Crippen LogP) is 19.6. The normalized spacial score (nSPS) is 17.1. The summed E-state index contributed by atoms with van der Waals surface area (Å²) in [6.07, 6.45) is 0.780. The van der Waals surface area contributed by atoms with Crippen LogP contribution in [0.3, 0.4) is 0 Å². The molecule has 3 aromatic heterocycles. The molecule has 1 aliphatic heterocycles. The van der Waals surface area contributed by atoms with Crippen LogP contribution in [-0.4, -0.2) is 9.97 Å². The van der Waals surface area contributed by atoms with E-state index in [0.29, 0.717) is 49.5 Å². The number of hydrogen-bond donors (Lipinski definition) is 0. The van der Waals surface area contributed by atoms with Gasteiger partial charge in [0.25, 0.3) is 0 Å². The molecule has 5 nitrogen and oxygen atoms in total. The Labute approximate surface area is 476 Å². The average molecular weight is 1170 g/mol. The number of fused-ring (bicyclic) bond motifs is 7. The molecule has 11 aromatic rings. The number of aromatic nitrogens is 2. The number of furan rings is 1. The summed E-state index contributed by atoms with van der Waals surface area (Å²) in [6, 6.07) is 54.4. The molecule has 374 valence electrons. The summed E-state index contributed by atoms with van der Waals surface area (Å²) in [7, 11) is 0. The van der Waals surface area contributed by atoms with Gasteiger partial charge in [-0.05, 0) is 135 Å². The van der Waals surface area contributed by atoms with Gasteiger partial charge in [0.05, 0.1) is 5.58 Å². The van der Waals surface area contributed by atoms with Crippen molar-refractivity contribution in [1.82, 2.24) is 9.97 Å². The maximum Gasteiger partial charge on any atom is 3.00 e. The van der Waals surface area contributed by atoms with E-state index in [9.17, 15) is 0 Å². The molecule has 0 fully saturated rings. The third-order valence-electron chi connectivity index (χ3n) is 13.9. The SMILES string of the molecule is [2H]C([2H])([2H])c1c[c-]c(C2[N-]c3ccccc3N2c2c(C([2H])(C)C)cccc2C([2H])(C)C)cc1.[2H]C([2H])([2H])c1ccc2ccc3c4cc[c-]c(-c5cc(-c6cc7ccc(-c8ccc(C(C)(C)C)cc8)cc7cc6C([2H])([2H])[2H])c(C([2H])([2H])[2H])cn5)c4oc3c2n1.[Ir+3]. The van der Waals surface area contributed by atoms with Crippen LogP contribution in [0.1, 0.15) is 130 Å². The molecule has 0 radical (unpaired) electrons. The summed E-state index contributed by atoms with van der Waals surface area (Å²) in [5, 5.41) is 8.51. The minimum absolute atomic E-state index is 0. The second-order valence-corrected chi connectivity index (χ2v) is 20.4. The van der Waals surface area contributed by atoms with E-state index < -0.39 is 45.4 Å². The zero-order valence-electron chi connectivity index (χ0n) is 56.7. The van der Waals surface area contributed by atoms with Gasteiger partial charge in [0.1, 0.15) is 11.1 Å². The molecule has 6 heteroatoms. The topological polar surface area (TPSA) is 56.3 Å². The number of aryl methyl sites for hydroxylation is 4. The first-order valence-electron chi connectivity index (χ1n) is 31.7. The molecule has 1 aliphatic rings. The number of hydrogen-bond acceptors (Lipinski definition) is 4. The number of rotatable bonds is 7. The Kier molecular flexibility index (Phi) is 9.94. The third-order valence-corrected chi connectivity index (χ3v) is 13.9. The van der Waals surface area contributed by atoms with Gasteiger partial charge < -0.3 is 19.6 Å². The monoisotopic (exact) mass is 1170 g/mol. The molecule has 8 aromatic carbocycles. The van der Waals surface area contributed by atoms with Crippen LogP contribution in [-0.2, 0) is 25.5 Å². The molecule has 0 saturated carbocycles. The zero-order chi connectivity index (χ0) is 63.4. The number of anilines is 2. The number of para-hydroxylation sites is 3. The van der Waals surface area contributed by atoms with Crippen molar-refractivity contribution in [2.24, 2.45) is 0 Å². The van der Waals surface area contributed by atoms with E-state index >= 15 is 0 Å². The zero-order valence-corrected chi connectivity index (χ0v) is 45.1. The van der Waals surface area contributed by atoms with Gasteiger partial charge in [-0.3, -0.25) is 0 Å². The summed E-state index contributed by atoms with van der Waals surface area (Å²) < 4.78 is 122. The van der Waals surface area contributed by atoms with E-state index in [0.717, 1.165) is 50.3 Å². The van der Waals surface area contributed by atoms with Crippen molar-refractivity contribution in [2.45, 2.75) is 99.2 Å². The van der Waals surface area contributed by atoms with Crippen molar-refractivity contribution in [2.75, 3.05) is 4.90 Å². The van der Waals surface area contributed by atoms with Crippen molar-refractivity contribution in [3.63, 3.8) is 0 Å². The van der Waals surface area contributed by atoms with E-state index in [1.165, 1.54) is 23.9 Å². The van der Waals surface area contributed by atoms with E-state index in [4.69, 9.17) is 28.9 Å². The van der Waals surface area contributed by atoms with Gasteiger partial charge in [-0.1, -0.05) is 169 Å². The Bertz CT molecular complexity index is 4460. The molecular formula is C69H63IrN4O. The largest absolute Gasteiger partial charge is 3.00 e. The first kappa shape index (κ1) is 36.6. The minimum Gasteiger partial charge on any atom is -0.661 e. The first-order chi connectivity index (χ1) is 41.1. The molecular weight excluding hydrogens is 1090 g/mol. The van der Waals surface area contributed by atoms with Crippen molar-refractivity contribution < 1.29 is 43.7 Å². The van der Waals surface area contributed by atoms with Gasteiger partial charge in [-0.2, -0.15) is 35.4 Å². The van der Waals surface area contributed by atoms with Gasteiger partial charge in [0, 0.05) is 53.2 Å². The maximum absolute atomic E-state index is 8.84. The van der Waals surface area contributed by atoms with Crippen LogP contribution < -0.4 is 4.90 Å². The average Bonchev–Trinajstić information content (AvgIpc) is 1.75. The van der Waals surface area contributed by atoms with Crippen LogP contribution in [0, 0.1) is 39.5 Å². The molecule has 75 heavy (non-hydrogen) atoms. The van der Waals surface area contributed by atoms with Gasteiger partial charge in [-0.25, -0.2) is 4.98 Å². The molecule has 0 amide bonds. The van der Waals surface area contributed by atoms with Gasteiger partial charge in [-0.15, -0.1) is 23.9 Å². The van der Waals surface area contributed by atoms with Crippen LogP contribution in [0.4, 0.5) is 17.1 Å². The molecule has 1 unspecified atom stereocenters. The van der Waals surface area contributed by atoms with Gasteiger partial charge >= 0.3 is 20.1 Å². The second-order valence-electron chi connectivity index (χ2n) is 20.4. The van der Waals surface area contributed by atoms with Crippen molar-refractivity contribution in [3.05, 3.63) is 226 Å². The van der Waals surface area contributed by atoms with Crippen LogP contribution in [0.15, 0.2) is 168 Å². The molecule has 0 saturated heterocycles. The fourth-order valence-electron chi connectivity index (χ4n) is 10.0. The molecule has 1 atom stereocenters. The van der Waals surface area contributed by atoms with Gasteiger partial charge in [0.2, 0.25) is 0 Å². The molecule has 0 bridgehead atoms. The minimum atomic E-state index is -2.62. The standard InChI is InChI=1S/C43H35N2O.C26H28N2.Ir/c1-25-20-32-21-30(28-14-17-33(18-15-28)43(4,5)6)12-13-31(32)22-37(25)38-23-39(44-24-26(38)2)36-9-7-8-34-35-19-16-29-11-10-27(3)45-40(29)42(35)46-41(34)36;1-17(2)21-9-8-10-22(18(3)4)25(21)28-24-12-7-6-11-23(24)27-26(28)20-15-13-19(5)14-16-20;/h7-8,10-24H,1-6H3;6-15,17-18,26H,1-5H3;/q-1;-2;+3/i1D3,2D3,3D3;5D3,17D,18D;. The first-order valence-corrected chi connectivity index (χ1v) is 24.7. The van der Waals surface area contributed by atoms with Gasteiger partial charge in [0.15, 0.2) is 0 Å². The second kappa shape index (κ2) is 20.4. The Balaban J connectivity index is 0.000000220. The van der Waals surface area contributed by atoms with E-state index in [1.807, 2.05) is 107 Å². The Morgan fingerprint density at radius 2 is 1.40 bits per heavy atom.